The van der Waals surface area contributed by atoms with Crippen molar-refractivity contribution in [2.75, 3.05) is 0 Å². The molecule has 5 nitrogen and oxygen atoms in total. The zero-order valence-corrected chi connectivity index (χ0v) is 6.78. The quantitative estimate of drug-likeness (QED) is 0.321. The van der Waals surface area contributed by atoms with Crippen molar-refractivity contribution in [1.82, 2.24) is 5.43 Å². The molecule has 1 rings (SSSR count). The highest BCUT2D eigenvalue weighted by atomic mass is 16.2. The number of carbonyl (C=O) groups is 2. The predicted octanol–water partition coefficient (Wildman–Crippen LogP) is -0.611. The summed E-state index contributed by atoms with van der Waals surface area (Å²) in [4.78, 5) is 21.9. The second-order valence-electron chi connectivity index (χ2n) is 2.38. The van der Waals surface area contributed by atoms with Crippen molar-refractivity contribution < 1.29 is 9.59 Å². The number of benzene rings is 1. The van der Waals surface area contributed by atoms with Crippen LogP contribution in [0.25, 0.3) is 0 Å². The van der Waals surface area contributed by atoms with E-state index in [9.17, 15) is 9.59 Å². The first-order valence-electron chi connectivity index (χ1n) is 3.56. The fourth-order valence-corrected chi connectivity index (χ4v) is 0.974. The monoisotopic (exact) mass is 179 g/mol. The maximum atomic E-state index is 11.1. The molecule has 0 aliphatic rings. The molecular weight excluding hydrogens is 170 g/mol. The van der Waals surface area contributed by atoms with E-state index in [-0.39, 0.29) is 11.1 Å². The Morgan fingerprint density at radius 1 is 1.15 bits per heavy atom. The first kappa shape index (κ1) is 9.21. The Morgan fingerprint density at radius 2 is 1.69 bits per heavy atom. The molecule has 5 N–H and O–H groups in total. The van der Waals surface area contributed by atoms with Crippen molar-refractivity contribution in [3.05, 3.63) is 35.4 Å². The summed E-state index contributed by atoms with van der Waals surface area (Å²) in [6.07, 6.45) is 0. The van der Waals surface area contributed by atoms with Crippen LogP contribution in [0, 0.1) is 0 Å². The molecule has 0 aromatic heterocycles. The molecule has 0 aliphatic heterocycles. The number of hydrogen-bond donors (Lipinski definition) is 3. The number of nitrogen functional groups attached to an aromatic ring is 1. The maximum absolute atomic E-state index is 11.1. The van der Waals surface area contributed by atoms with Crippen LogP contribution in [0.5, 0.6) is 0 Å². The van der Waals surface area contributed by atoms with Gasteiger partial charge in [0.2, 0.25) is 5.91 Å². The number of hydrazine groups is 1. The zero-order valence-electron chi connectivity index (χ0n) is 6.78. The minimum atomic E-state index is -0.654. The Bertz CT molecular complexity index is 349. The Hall–Kier alpha value is -1.88. The molecule has 0 bridgehead atoms. The van der Waals surface area contributed by atoms with Crippen LogP contribution in [0.2, 0.25) is 0 Å². The van der Waals surface area contributed by atoms with Crippen LogP contribution in [0.1, 0.15) is 20.7 Å². The Kier molecular flexibility index (Phi) is 2.61. The highest BCUT2D eigenvalue weighted by molar-refractivity contribution is 6.06. The van der Waals surface area contributed by atoms with Gasteiger partial charge in [-0.25, -0.2) is 5.84 Å². The molecule has 0 saturated heterocycles. The van der Waals surface area contributed by atoms with E-state index in [4.69, 9.17) is 11.6 Å². The molecule has 2 amide bonds. The average molecular weight is 179 g/mol. The van der Waals surface area contributed by atoms with Crippen LogP contribution >= 0.6 is 0 Å². The van der Waals surface area contributed by atoms with E-state index in [2.05, 4.69) is 0 Å². The van der Waals surface area contributed by atoms with Crippen molar-refractivity contribution in [1.29, 1.82) is 0 Å². The van der Waals surface area contributed by atoms with Crippen molar-refractivity contribution >= 4 is 11.8 Å². The number of amides is 2. The van der Waals surface area contributed by atoms with Gasteiger partial charge >= 0.3 is 0 Å². The fraction of sp³-hybridized carbons (Fsp3) is 0. The number of primary amides is 1. The Balaban J connectivity index is 3.19. The highest BCUT2D eigenvalue weighted by Gasteiger charge is 2.12. The second kappa shape index (κ2) is 3.68. The van der Waals surface area contributed by atoms with E-state index in [1.165, 1.54) is 12.1 Å². The van der Waals surface area contributed by atoms with E-state index < -0.39 is 11.8 Å². The maximum Gasteiger partial charge on any atom is 0.265 e. The third-order valence-corrected chi connectivity index (χ3v) is 1.57. The summed E-state index contributed by atoms with van der Waals surface area (Å²) in [6.45, 7) is 0. The van der Waals surface area contributed by atoms with Crippen LogP contribution in [0.3, 0.4) is 0 Å². The number of hydrogen-bond acceptors (Lipinski definition) is 3. The van der Waals surface area contributed by atoms with Gasteiger partial charge < -0.3 is 5.73 Å². The van der Waals surface area contributed by atoms with Crippen LogP contribution in [0.15, 0.2) is 24.3 Å². The van der Waals surface area contributed by atoms with Crippen molar-refractivity contribution in [3.8, 4) is 0 Å². The van der Waals surface area contributed by atoms with Crippen LogP contribution in [0.4, 0.5) is 0 Å². The van der Waals surface area contributed by atoms with E-state index in [1.807, 2.05) is 5.43 Å². The molecular formula is C8H9N3O2. The second-order valence-corrected chi connectivity index (χ2v) is 2.38. The normalized spacial score (nSPS) is 9.31. The van der Waals surface area contributed by atoms with Crippen LogP contribution in [-0.2, 0) is 0 Å². The van der Waals surface area contributed by atoms with Crippen LogP contribution in [-0.4, -0.2) is 11.8 Å². The summed E-state index contributed by atoms with van der Waals surface area (Å²) >= 11 is 0. The van der Waals surface area contributed by atoms with E-state index >= 15 is 0 Å². The van der Waals surface area contributed by atoms with Gasteiger partial charge in [-0.2, -0.15) is 0 Å². The van der Waals surface area contributed by atoms with Gasteiger partial charge in [0.25, 0.3) is 5.91 Å². The third kappa shape index (κ3) is 1.83. The molecule has 1 aromatic rings. The number of nitrogens with two attached hydrogens (primary N) is 2. The van der Waals surface area contributed by atoms with Gasteiger partial charge in [-0.15, -0.1) is 0 Å². The van der Waals surface area contributed by atoms with Gasteiger partial charge in [-0.05, 0) is 12.1 Å². The molecule has 0 unspecified atom stereocenters. The molecule has 0 spiro atoms. The lowest BCUT2D eigenvalue weighted by Crippen LogP contribution is -2.32. The lowest BCUT2D eigenvalue weighted by atomic mass is 10.1. The van der Waals surface area contributed by atoms with Gasteiger partial charge in [0, 0.05) is 0 Å². The predicted molar refractivity (Wildman–Crippen MR) is 46.6 cm³/mol. The van der Waals surface area contributed by atoms with Crippen molar-refractivity contribution in [2.45, 2.75) is 0 Å². The number of nitrogens with one attached hydrogen (secondary N) is 1. The topological polar surface area (TPSA) is 98.2 Å². The SMILES string of the molecule is NNC(=O)c1ccccc1C(N)=O. The molecule has 0 heterocycles. The lowest BCUT2D eigenvalue weighted by molar-refractivity contribution is 0.0936. The molecule has 68 valence electrons. The largest absolute Gasteiger partial charge is 0.366 e. The summed E-state index contributed by atoms with van der Waals surface area (Å²) in [5, 5.41) is 0. The molecule has 0 atom stereocenters. The summed E-state index contributed by atoms with van der Waals surface area (Å²) < 4.78 is 0. The third-order valence-electron chi connectivity index (χ3n) is 1.57. The molecule has 0 saturated carbocycles. The van der Waals surface area contributed by atoms with Gasteiger partial charge in [0.15, 0.2) is 0 Å². The Morgan fingerprint density at radius 3 is 2.15 bits per heavy atom. The molecule has 0 radical (unpaired) electrons. The fourth-order valence-electron chi connectivity index (χ4n) is 0.974. The molecule has 0 fully saturated rings. The minimum Gasteiger partial charge on any atom is -0.366 e. The average Bonchev–Trinajstić information content (AvgIpc) is 2.16. The minimum absolute atomic E-state index is 0.158. The number of rotatable bonds is 2. The first-order chi connectivity index (χ1) is 6.16. The van der Waals surface area contributed by atoms with Gasteiger partial charge in [0.05, 0.1) is 11.1 Å². The molecule has 13 heavy (non-hydrogen) atoms. The summed E-state index contributed by atoms with van der Waals surface area (Å²) in [5.41, 5.74) is 7.31. The van der Waals surface area contributed by atoms with Gasteiger partial charge in [-0.3, -0.25) is 15.0 Å². The first-order valence-corrected chi connectivity index (χ1v) is 3.56. The van der Waals surface area contributed by atoms with E-state index in [0.717, 1.165) is 0 Å². The van der Waals surface area contributed by atoms with Crippen LogP contribution < -0.4 is 17.0 Å². The van der Waals surface area contributed by atoms with Crippen molar-refractivity contribution in [2.24, 2.45) is 11.6 Å². The summed E-state index contributed by atoms with van der Waals surface area (Å²) in [5.74, 6) is 3.73. The van der Waals surface area contributed by atoms with Crippen molar-refractivity contribution in [3.63, 3.8) is 0 Å². The molecule has 5 heteroatoms. The van der Waals surface area contributed by atoms with E-state index in [0.29, 0.717) is 0 Å². The number of carbonyl (C=O) groups excluding carboxylic acids is 2. The summed E-state index contributed by atoms with van der Waals surface area (Å²) in [6, 6.07) is 6.18. The van der Waals surface area contributed by atoms with Gasteiger partial charge in [0.1, 0.15) is 0 Å². The lowest BCUT2D eigenvalue weighted by Gasteiger charge is -2.03. The Labute approximate surface area is 74.7 Å². The van der Waals surface area contributed by atoms with E-state index in [1.54, 1.807) is 12.1 Å². The van der Waals surface area contributed by atoms with Gasteiger partial charge in [-0.1, -0.05) is 12.1 Å². The zero-order chi connectivity index (χ0) is 9.84. The molecule has 1 aromatic carbocycles. The standard InChI is InChI=1S/C8H9N3O2/c9-7(12)5-3-1-2-4-6(5)8(13)11-10/h1-4H,10H2,(H2,9,12)(H,11,13). The highest BCUT2D eigenvalue weighted by Crippen LogP contribution is 2.06. The smallest absolute Gasteiger partial charge is 0.265 e. The summed E-state index contributed by atoms with van der Waals surface area (Å²) in [7, 11) is 0. The molecule has 0 aliphatic carbocycles.